The number of fused-ring (bicyclic) bond motifs is 1. The van der Waals surface area contributed by atoms with Gasteiger partial charge in [0.05, 0.1) is 11.1 Å². The molecule has 8 nitrogen and oxygen atoms in total. The van der Waals surface area contributed by atoms with E-state index in [0.29, 0.717) is 11.7 Å². The Hall–Kier alpha value is -2.76. The molecule has 0 amide bonds. The fraction of sp³-hybridized carbons (Fsp3) is 0.379. The summed E-state index contributed by atoms with van der Waals surface area (Å²) in [6.07, 6.45) is 11.1. The first kappa shape index (κ1) is 30.2. The number of aromatic nitrogens is 1. The molecule has 1 aromatic carbocycles. The van der Waals surface area contributed by atoms with Crippen LogP contribution < -0.4 is 20.9 Å². The number of aryl methyl sites for hydroxylation is 1. The van der Waals surface area contributed by atoms with Gasteiger partial charge in [-0.15, -0.1) is 0 Å². The maximum absolute atomic E-state index is 12.9. The van der Waals surface area contributed by atoms with Gasteiger partial charge in [-0.25, -0.2) is 18.1 Å². The Labute approximate surface area is 248 Å². The van der Waals surface area contributed by atoms with Crippen LogP contribution in [-0.2, 0) is 16.4 Å². The summed E-state index contributed by atoms with van der Waals surface area (Å²) < 4.78 is 28.5. The number of anilines is 1. The lowest BCUT2D eigenvalue weighted by molar-refractivity contribution is 0.268. The van der Waals surface area contributed by atoms with Crippen LogP contribution in [0.3, 0.4) is 0 Å². The predicted octanol–water partition coefficient (Wildman–Crippen LogP) is 5.03. The van der Waals surface area contributed by atoms with Crippen LogP contribution in [0.1, 0.15) is 50.3 Å². The highest BCUT2D eigenvalue weighted by atomic mass is 35.5. The van der Waals surface area contributed by atoms with Gasteiger partial charge < -0.3 is 5.32 Å². The Kier molecular flexibility index (Phi) is 10.4. The van der Waals surface area contributed by atoms with Crippen LogP contribution in [0.15, 0.2) is 77.4 Å². The van der Waals surface area contributed by atoms with Gasteiger partial charge in [0, 0.05) is 18.8 Å². The van der Waals surface area contributed by atoms with Crippen molar-refractivity contribution in [2.75, 3.05) is 25.1 Å². The Morgan fingerprint density at radius 3 is 2.83 bits per heavy atom. The van der Waals surface area contributed by atoms with Crippen LogP contribution in [0.4, 0.5) is 5.82 Å². The van der Waals surface area contributed by atoms with Gasteiger partial charge in [0.1, 0.15) is 4.90 Å². The first-order valence-electron chi connectivity index (χ1n) is 13.5. The second kappa shape index (κ2) is 13.7. The molecule has 4 rings (SSSR count). The Morgan fingerprint density at radius 1 is 1.30 bits per heavy atom. The number of hydrogen-bond acceptors (Lipinski definition) is 6. The van der Waals surface area contributed by atoms with E-state index >= 15 is 0 Å². The van der Waals surface area contributed by atoms with Crippen molar-refractivity contribution in [1.82, 2.24) is 25.3 Å². The van der Waals surface area contributed by atoms with E-state index in [-0.39, 0.29) is 27.8 Å². The smallest absolute Gasteiger partial charge is 0.242 e. The van der Waals surface area contributed by atoms with E-state index in [1.807, 2.05) is 31.2 Å². The Balaban J connectivity index is 1.43. The number of sulfonamides is 1. The molecule has 0 bridgehead atoms. The van der Waals surface area contributed by atoms with Gasteiger partial charge in [0.2, 0.25) is 10.0 Å². The van der Waals surface area contributed by atoms with Crippen LogP contribution in [0.5, 0.6) is 0 Å². The first-order valence-corrected chi connectivity index (χ1v) is 15.8. The number of halogens is 1. The number of thiocarbonyl (C=S) groups is 1. The highest BCUT2D eigenvalue weighted by Gasteiger charge is 2.26. The molecule has 4 N–H and O–H groups in total. The molecular weight excluding hydrogens is 564 g/mol. The van der Waals surface area contributed by atoms with Crippen molar-refractivity contribution < 1.29 is 8.42 Å². The van der Waals surface area contributed by atoms with E-state index in [0.717, 1.165) is 55.5 Å². The molecule has 11 heteroatoms. The van der Waals surface area contributed by atoms with Crippen LogP contribution in [0.2, 0.25) is 5.02 Å². The Morgan fingerprint density at radius 2 is 2.10 bits per heavy atom. The SMILES string of the molecule is C=CC1=C(/C=C\C)C(NC(=S)NNc2ncc(S(=O)(=O)NCC3CCCN3CC)cc2Cl)c2ccccc2CC1. The second-order valence-corrected chi connectivity index (χ2v) is 12.4. The summed E-state index contributed by atoms with van der Waals surface area (Å²) in [5.74, 6) is 0.259. The van der Waals surface area contributed by atoms with Crippen LogP contribution in [-0.4, -0.2) is 49.1 Å². The summed E-state index contributed by atoms with van der Waals surface area (Å²) in [6, 6.07) is 9.72. The molecule has 2 aliphatic rings. The maximum atomic E-state index is 12.9. The van der Waals surface area contributed by atoms with Crippen molar-refractivity contribution in [1.29, 1.82) is 0 Å². The van der Waals surface area contributed by atoms with Crippen LogP contribution >= 0.6 is 23.8 Å². The molecule has 2 atom stereocenters. The van der Waals surface area contributed by atoms with E-state index in [1.165, 1.54) is 17.8 Å². The number of rotatable bonds is 10. The zero-order chi connectivity index (χ0) is 28.7. The lowest BCUT2D eigenvalue weighted by Crippen LogP contribution is -2.41. The molecule has 1 aliphatic heterocycles. The summed E-state index contributed by atoms with van der Waals surface area (Å²) in [5, 5.41) is 3.90. The van der Waals surface area contributed by atoms with Gasteiger partial charge >= 0.3 is 0 Å². The lowest BCUT2D eigenvalue weighted by atomic mass is 9.94. The molecule has 214 valence electrons. The van der Waals surface area contributed by atoms with E-state index in [1.54, 1.807) is 0 Å². The molecule has 2 aromatic rings. The number of allylic oxidation sites excluding steroid dienone is 3. The third-order valence-corrected chi connectivity index (χ3v) is 9.31. The minimum absolute atomic E-state index is 0.0120. The molecule has 1 aromatic heterocycles. The van der Waals surface area contributed by atoms with Crippen molar-refractivity contribution >= 4 is 44.8 Å². The van der Waals surface area contributed by atoms with Gasteiger partial charge in [-0.2, -0.15) is 0 Å². The molecule has 2 heterocycles. The quantitative estimate of drug-likeness (QED) is 0.223. The molecule has 0 radical (unpaired) electrons. The van der Waals surface area contributed by atoms with Crippen molar-refractivity contribution in [3.8, 4) is 0 Å². The molecule has 2 unspecified atom stereocenters. The van der Waals surface area contributed by atoms with Crippen molar-refractivity contribution in [3.05, 3.63) is 88.6 Å². The zero-order valence-corrected chi connectivity index (χ0v) is 25.3. The summed E-state index contributed by atoms with van der Waals surface area (Å²) in [5.41, 5.74) is 10.5. The third kappa shape index (κ3) is 7.11. The van der Waals surface area contributed by atoms with Gasteiger partial charge in [0.25, 0.3) is 0 Å². The van der Waals surface area contributed by atoms with Gasteiger partial charge in [0.15, 0.2) is 10.9 Å². The van der Waals surface area contributed by atoms with Crippen molar-refractivity contribution in [2.24, 2.45) is 0 Å². The van der Waals surface area contributed by atoms with Gasteiger partial charge in [-0.1, -0.05) is 67.6 Å². The largest absolute Gasteiger partial charge is 0.350 e. The molecule has 1 fully saturated rings. The average molecular weight is 601 g/mol. The maximum Gasteiger partial charge on any atom is 0.242 e. The summed E-state index contributed by atoms with van der Waals surface area (Å²) in [7, 11) is -3.75. The minimum Gasteiger partial charge on any atom is -0.350 e. The number of benzene rings is 1. The fourth-order valence-corrected chi connectivity index (χ4v) is 6.83. The standard InChI is InChI=1S/C29H37ClN6O2S2/c1-4-10-24-20(5-2)14-15-21-11-7-8-13-25(21)27(24)33-29(39)35-34-28-26(30)17-23(19-31-28)40(37,38)32-18-22-12-9-16-36(22)6-3/h4-5,7-8,10-11,13,17,19,22,27,32H,2,6,9,12,14-16,18H2,1,3H3,(H,31,34)(H2,33,35,39)/b10-4-. The number of pyridine rings is 1. The number of nitrogens with zero attached hydrogens (tertiary/aromatic N) is 2. The number of hydrazine groups is 1. The highest BCUT2D eigenvalue weighted by Crippen LogP contribution is 2.34. The van der Waals surface area contributed by atoms with Crippen LogP contribution in [0, 0.1) is 0 Å². The van der Waals surface area contributed by atoms with E-state index in [9.17, 15) is 8.42 Å². The minimum atomic E-state index is -3.75. The molecule has 40 heavy (non-hydrogen) atoms. The summed E-state index contributed by atoms with van der Waals surface area (Å²) in [6.45, 7) is 10.4. The Bertz CT molecular complexity index is 1410. The number of nitrogens with one attached hydrogen (secondary N) is 4. The third-order valence-electron chi connectivity index (χ3n) is 7.41. The number of hydrogen-bond donors (Lipinski definition) is 4. The summed E-state index contributed by atoms with van der Waals surface area (Å²) >= 11 is 12.0. The number of likely N-dealkylation sites (tertiary alicyclic amines) is 1. The van der Waals surface area contributed by atoms with Gasteiger partial charge in [-0.05, 0) is 86.3 Å². The normalized spacial score (nSPS) is 19.8. The topological polar surface area (TPSA) is 98.4 Å². The zero-order valence-electron chi connectivity index (χ0n) is 22.9. The van der Waals surface area contributed by atoms with E-state index < -0.39 is 10.0 Å². The monoisotopic (exact) mass is 600 g/mol. The van der Waals surface area contributed by atoms with Gasteiger partial charge in [-0.3, -0.25) is 15.8 Å². The van der Waals surface area contributed by atoms with Crippen molar-refractivity contribution in [2.45, 2.75) is 56.5 Å². The molecule has 1 saturated heterocycles. The number of likely N-dealkylation sites (N-methyl/N-ethyl adjacent to an activating group) is 1. The molecular formula is C29H37ClN6O2S2. The van der Waals surface area contributed by atoms with E-state index in [2.05, 4.69) is 62.5 Å². The molecule has 0 saturated carbocycles. The average Bonchev–Trinajstić information content (AvgIpc) is 3.36. The van der Waals surface area contributed by atoms with Crippen molar-refractivity contribution in [3.63, 3.8) is 0 Å². The van der Waals surface area contributed by atoms with E-state index in [4.69, 9.17) is 23.8 Å². The summed E-state index contributed by atoms with van der Waals surface area (Å²) in [4.78, 5) is 6.53. The molecule has 0 spiro atoms. The lowest BCUT2D eigenvalue weighted by Gasteiger charge is -2.24. The highest BCUT2D eigenvalue weighted by molar-refractivity contribution is 7.89. The second-order valence-electron chi connectivity index (χ2n) is 9.82. The van der Waals surface area contributed by atoms with Crippen LogP contribution in [0.25, 0.3) is 0 Å². The molecule has 1 aliphatic carbocycles. The first-order chi connectivity index (χ1) is 19.3. The fourth-order valence-electron chi connectivity index (χ4n) is 5.34. The predicted molar refractivity (Wildman–Crippen MR) is 167 cm³/mol.